The summed E-state index contributed by atoms with van der Waals surface area (Å²) in [6.07, 6.45) is 2.45. The predicted octanol–water partition coefficient (Wildman–Crippen LogP) is 4.12. The summed E-state index contributed by atoms with van der Waals surface area (Å²) >= 11 is 0. The first-order chi connectivity index (χ1) is 11.2. The molecule has 3 rings (SSSR count). The fraction of sp³-hybridized carbons (Fsp3) is 0.350. The third-order valence-corrected chi connectivity index (χ3v) is 4.59. The quantitative estimate of drug-likeness (QED) is 0.796. The van der Waals surface area contributed by atoms with E-state index in [1.54, 1.807) is 0 Å². The number of esters is 1. The molecular formula is C20H23NO2. The van der Waals surface area contributed by atoms with Gasteiger partial charge < -0.3 is 4.74 Å². The molecule has 1 atom stereocenters. The zero-order chi connectivity index (χ0) is 16.2. The van der Waals surface area contributed by atoms with Crippen molar-refractivity contribution in [2.24, 2.45) is 0 Å². The molecule has 0 spiro atoms. The lowest BCUT2D eigenvalue weighted by Gasteiger charge is -2.25. The summed E-state index contributed by atoms with van der Waals surface area (Å²) in [6.45, 7) is 4.16. The fourth-order valence-electron chi connectivity index (χ4n) is 3.28. The van der Waals surface area contributed by atoms with Crippen LogP contribution in [0, 0.1) is 6.92 Å². The average molecular weight is 309 g/mol. The van der Waals surface area contributed by atoms with Crippen LogP contribution in [0.4, 0.5) is 0 Å². The number of hydrogen-bond donors (Lipinski definition) is 0. The van der Waals surface area contributed by atoms with Crippen LogP contribution in [0.25, 0.3) is 0 Å². The summed E-state index contributed by atoms with van der Waals surface area (Å²) < 4.78 is 4.74. The Hall–Kier alpha value is -2.13. The molecule has 0 amide bonds. The number of hydrogen-bond acceptors (Lipinski definition) is 3. The molecular weight excluding hydrogens is 286 g/mol. The van der Waals surface area contributed by atoms with Gasteiger partial charge in [-0.05, 0) is 49.6 Å². The number of ether oxygens (including phenoxy) is 1. The van der Waals surface area contributed by atoms with Crippen molar-refractivity contribution in [1.82, 2.24) is 4.90 Å². The summed E-state index contributed by atoms with van der Waals surface area (Å²) in [7, 11) is 1.41. The van der Waals surface area contributed by atoms with Crippen molar-refractivity contribution >= 4 is 5.97 Å². The van der Waals surface area contributed by atoms with Gasteiger partial charge in [0.15, 0.2) is 0 Å². The number of rotatable bonds is 4. The van der Waals surface area contributed by atoms with Gasteiger partial charge in [-0.3, -0.25) is 4.90 Å². The smallest absolute Gasteiger partial charge is 0.337 e. The average Bonchev–Trinajstić information content (AvgIpc) is 3.03. The molecule has 0 aliphatic carbocycles. The zero-order valence-corrected chi connectivity index (χ0v) is 13.8. The first-order valence-electron chi connectivity index (χ1n) is 8.15. The minimum Gasteiger partial charge on any atom is -0.465 e. The van der Waals surface area contributed by atoms with Gasteiger partial charge in [0, 0.05) is 12.6 Å². The van der Waals surface area contributed by atoms with Crippen LogP contribution in [0.15, 0.2) is 48.5 Å². The third kappa shape index (κ3) is 3.62. The topological polar surface area (TPSA) is 29.5 Å². The molecule has 120 valence electrons. The molecule has 3 nitrogen and oxygen atoms in total. The number of carbonyl (C=O) groups excluding carboxylic acids is 1. The Labute approximate surface area is 137 Å². The van der Waals surface area contributed by atoms with Gasteiger partial charge in [0.2, 0.25) is 0 Å². The number of aryl methyl sites for hydroxylation is 1. The van der Waals surface area contributed by atoms with Gasteiger partial charge in [-0.25, -0.2) is 4.79 Å². The highest BCUT2D eigenvalue weighted by Crippen LogP contribution is 2.33. The molecule has 1 unspecified atom stereocenters. The Morgan fingerprint density at radius 3 is 2.48 bits per heavy atom. The second kappa shape index (κ2) is 6.97. The van der Waals surface area contributed by atoms with E-state index >= 15 is 0 Å². The lowest BCUT2D eigenvalue weighted by Crippen LogP contribution is -2.22. The molecule has 2 aromatic rings. The molecule has 0 radical (unpaired) electrons. The van der Waals surface area contributed by atoms with Crippen LogP contribution in [0.1, 0.15) is 45.9 Å². The van der Waals surface area contributed by atoms with Crippen LogP contribution in [-0.4, -0.2) is 24.5 Å². The highest BCUT2D eigenvalue weighted by Gasteiger charge is 2.25. The maximum Gasteiger partial charge on any atom is 0.337 e. The van der Waals surface area contributed by atoms with Crippen LogP contribution >= 0.6 is 0 Å². The zero-order valence-electron chi connectivity index (χ0n) is 13.8. The Morgan fingerprint density at radius 2 is 1.83 bits per heavy atom. The maximum atomic E-state index is 11.5. The van der Waals surface area contributed by atoms with Crippen LogP contribution in [0.2, 0.25) is 0 Å². The van der Waals surface area contributed by atoms with Crippen molar-refractivity contribution in [3.8, 4) is 0 Å². The summed E-state index contributed by atoms with van der Waals surface area (Å²) in [5, 5.41) is 0. The van der Waals surface area contributed by atoms with Gasteiger partial charge in [0.05, 0.1) is 12.7 Å². The fourth-order valence-corrected chi connectivity index (χ4v) is 3.28. The van der Waals surface area contributed by atoms with Crippen molar-refractivity contribution < 1.29 is 9.53 Å². The van der Waals surface area contributed by atoms with Gasteiger partial charge in [0.25, 0.3) is 0 Å². The van der Waals surface area contributed by atoms with E-state index in [1.165, 1.54) is 36.6 Å². The Balaban J connectivity index is 1.71. The molecule has 1 aliphatic rings. The van der Waals surface area contributed by atoms with Gasteiger partial charge in [0.1, 0.15) is 0 Å². The van der Waals surface area contributed by atoms with E-state index in [9.17, 15) is 4.79 Å². The predicted molar refractivity (Wildman–Crippen MR) is 91.3 cm³/mol. The second-order valence-electron chi connectivity index (χ2n) is 6.23. The lowest BCUT2D eigenvalue weighted by molar-refractivity contribution is 0.0600. The van der Waals surface area contributed by atoms with Gasteiger partial charge >= 0.3 is 5.97 Å². The molecule has 0 aromatic heterocycles. The Kier molecular flexibility index (Phi) is 4.77. The molecule has 1 fully saturated rings. The molecule has 1 heterocycles. The number of carbonyl (C=O) groups is 1. The molecule has 2 aromatic carbocycles. The van der Waals surface area contributed by atoms with E-state index in [2.05, 4.69) is 36.1 Å². The molecule has 0 saturated carbocycles. The highest BCUT2D eigenvalue weighted by atomic mass is 16.5. The number of nitrogens with zero attached hydrogens (tertiary/aromatic N) is 1. The van der Waals surface area contributed by atoms with Gasteiger partial charge in [-0.2, -0.15) is 0 Å². The molecule has 1 saturated heterocycles. The molecule has 0 bridgehead atoms. The van der Waals surface area contributed by atoms with Crippen molar-refractivity contribution in [1.29, 1.82) is 0 Å². The van der Waals surface area contributed by atoms with E-state index in [0.717, 1.165) is 13.1 Å². The third-order valence-electron chi connectivity index (χ3n) is 4.59. The highest BCUT2D eigenvalue weighted by molar-refractivity contribution is 5.89. The summed E-state index contributed by atoms with van der Waals surface area (Å²) in [5.74, 6) is -0.282. The van der Waals surface area contributed by atoms with Crippen LogP contribution in [0.3, 0.4) is 0 Å². The lowest BCUT2D eigenvalue weighted by atomic mass is 10.0. The molecule has 1 aliphatic heterocycles. The first-order valence-corrected chi connectivity index (χ1v) is 8.15. The maximum absolute atomic E-state index is 11.5. The van der Waals surface area contributed by atoms with Gasteiger partial charge in [-0.15, -0.1) is 0 Å². The summed E-state index contributed by atoms with van der Waals surface area (Å²) in [4.78, 5) is 14.0. The van der Waals surface area contributed by atoms with Crippen molar-refractivity contribution in [3.05, 3.63) is 70.8 Å². The summed E-state index contributed by atoms with van der Waals surface area (Å²) in [6, 6.07) is 17.1. The van der Waals surface area contributed by atoms with E-state index in [0.29, 0.717) is 11.6 Å². The number of likely N-dealkylation sites (tertiary alicyclic amines) is 1. The molecule has 3 heteroatoms. The number of methoxy groups -OCH3 is 1. The standard InChI is InChI=1S/C20H23NO2/c1-15-5-9-17(10-6-15)19-4-3-13-21(19)14-16-7-11-18(12-8-16)20(22)23-2/h5-12,19H,3-4,13-14H2,1-2H3. The van der Waals surface area contributed by atoms with Crippen molar-refractivity contribution in [2.75, 3.05) is 13.7 Å². The minimum atomic E-state index is -0.282. The van der Waals surface area contributed by atoms with E-state index in [4.69, 9.17) is 4.74 Å². The molecule has 23 heavy (non-hydrogen) atoms. The van der Waals surface area contributed by atoms with Crippen LogP contribution in [0.5, 0.6) is 0 Å². The SMILES string of the molecule is COC(=O)c1ccc(CN2CCCC2c2ccc(C)cc2)cc1. The van der Waals surface area contributed by atoms with Crippen molar-refractivity contribution in [2.45, 2.75) is 32.4 Å². The summed E-state index contributed by atoms with van der Waals surface area (Å²) in [5.41, 5.74) is 4.54. The van der Waals surface area contributed by atoms with E-state index in [-0.39, 0.29) is 5.97 Å². The van der Waals surface area contributed by atoms with Gasteiger partial charge in [-0.1, -0.05) is 42.0 Å². The Bertz CT molecular complexity index is 661. The second-order valence-corrected chi connectivity index (χ2v) is 6.23. The minimum absolute atomic E-state index is 0.282. The molecule has 0 N–H and O–H groups in total. The largest absolute Gasteiger partial charge is 0.465 e. The van der Waals surface area contributed by atoms with Crippen LogP contribution in [-0.2, 0) is 11.3 Å². The van der Waals surface area contributed by atoms with E-state index < -0.39 is 0 Å². The van der Waals surface area contributed by atoms with E-state index in [1.807, 2.05) is 24.3 Å². The van der Waals surface area contributed by atoms with Crippen molar-refractivity contribution in [3.63, 3.8) is 0 Å². The Morgan fingerprint density at radius 1 is 1.13 bits per heavy atom. The first kappa shape index (κ1) is 15.8. The van der Waals surface area contributed by atoms with Crippen LogP contribution < -0.4 is 0 Å². The monoisotopic (exact) mass is 309 g/mol. The normalized spacial score (nSPS) is 18.1. The number of benzene rings is 2.